The summed E-state index contributed by atoms with van der Waals surface area (Å²) in [5.74, 6) is -1.06. The Morgan fingerprint density at radius 2 is 1.81 bits per heavy atom. The molecular weight excluding hydrogens is 436 g/mol. The lowest BCUT2D eigenvalue weighted by molar-refractivity contribution is -0.117. The van der Waals surface area contributed by atoms with E-state index in [1.54, 1.807) is 0 Å². The van der Waals surface area contributed by atoms with E-state index in [-0.39, 0.29) is 10.8 Å². The van der Waals surface area contributed by atoms with Crippen LogP contribution in [0.3, 0.4) is 0 Å². The standard InChI is InChI=1S/C21H22N4O4S2/c1-12(26)25-31(28,29)15-9-7-14(8-10-15)23-20(27)19-18(22)16-11-13-5-3-2-4-6-17(13)24-21(16)30-19/h7-11H,2-6,22H2,1H3,(H,23,27)(H,25,26). The summed E-state index contributed by atoms with van der Waals surface area (Å²) in [6.07, 6.45) is 5.36. The Labute approximate surface area is 183 Å². The topological polar surface area (TPSA) is 131 Å². The maximum atomic E-state index is 12.8. The van der Waals surface area contributed by atoms with E-state index in [4.69, 9.17) is 10.7 Å². The van der Waals surface area contributed by atoms with E-state index in [9.17, 15) is 18.0 Å². The Morgan fingerprint density at radius 1 is 1.10 bits per heavy atom. The number of amides is 2. The molecule has 4 N–H and O–H groups in total. The van der Waals surface area contributed by atoms with Gasteiger partial charge in [0.05, 0.1) is 10.6 Å². The number of nitrogens with zero attached hydrogens (tertiary/aromatic N) is 1. The second-order valence-electron chi connectivity index (χ2n) is 7.49. The Bertz CT molecular complexity index is 1280. The molecule has 2 heterocycles. The van der Waals surface area contributed by atoms with Gasteiger partial charge in [-0.15, -0.1) is 11.3 Å². The van der Waals surface area contributed by atoms with Crippen molar-refractivity contribution in [2.24, 2.45) is 0 Å². The number of pyridine rings is 1. The molecule has 2 aromatic heterocycles. The molecule has 8 nitrogen and oxygen atoms in total. The highest BCUT2D eigenvalue weighted by Crippen LogP contribution is 2.35. The minimum Gasteiger partial charge on any atom is -0.397 e. The van der Waals surface area contributed by atoms with Gasteiger partial charge in [-0.2, -0.15) is 0 Å². The number of hydrogen-bond donors (Lipinski definition) is 3. The summed E-state index contributed by atoms with van der Waals surface area (Å²) in [7, 11) is -3.93. The first-order valence-corrected chi connectivity index (χ1v) is 12.2. The monoisotopic (exact) mass is 458 g/mol. The highest BCUT2D eigenvalue weighted by Gasteiger charge is 2.21. The van der Waals surface area contributed by atoms with E-state index >= 15 is 0 Å². The van der Waals surface area contributed by atoms with E-state index in [0.29, 0.717) is 16.3 Å². The number of benzene rings is 1. The molecule has 1 aliphatic rings. The van der Waals surface area contributed by atoms with Gasteiger partial charge in [0.1, 0.15) is 9.71 Å². The molecule has 0 spiro atoms. The third kappa shape index (κ3) is 4.40. The number of rotatable bonds is 4. The fraction of sp³-hybridized carbons (Fsp3) is 0.286. The second-order valence-corrected chi connectivity index (χ2v) is 10.2. The van der Waals surface area contributed by atoms with Crippen LogP contribution in [0.5, 0.6) is 0 Å². The van der Waals surface area contributed by atoms with E-state index in [2.05, 4.69) is 11.4 Å². The molecule has 3 aromatic rings. The van der Waals surface area contributed by atoms with Gasteiger partial charge in [0, 0.05) is 23.7 Å². The zero-order valence-electron chi connectivity index (χ0n) is 16.9. The molecule has 1 aromatic carbocycles. The van der Waals surface area contributed by atoms with Crippen molar-refractivity contribution in [3.63, 3.8) is 0 Å². The van der Waals surface area contributed by atoms with Crippen molar-refractivity contribution in [2.75, 3.05) is 11.1 Å². The van der Waals surface area contributed by atoms with Crippen LogP contribution in [-0.2, 0) is 27.7 Å². The number of carbonyl (C=O) groups is 2. The quantitative estimate of drug-likeness (QED) is 0.515. The van der Waals surface area contributed by atoms with Crippen molar-refractivity contribution < 1.29 is 18.0 Å². The number of sulfonamides is 1. The van der Waals surface area contributed by atoms with Gasteiger partial charge < -0.3 is 11.1 Å². The van der Waals surface area contributed by atoms with Crippen molar-refractivity contribution in [3.05, 3.63) is 46.5 Å². The molecule has 0 aliphatic heterocycles. The lowest BCUT2D eigenvalue weighted by atomic mass is 10.1. The molecule has 0 fully saturated rings. The van der Waals surface area contributed by atoms with Crippen LogP contribution in [0.1, 0.15) is 47.1 Å². The maximum Gasteiger partial charge on any atom is 0.267 e. The molecule has 0 radical (unpaired) electrons. The Balaban J connectivity index is 1.57. The van der Waals surface area contributed by atoms with Crippen molar-refractivity contribution >= 4 is 54.8 Å². The summed E-state index contributed by atoms with van der Waals surface area (Å²) in [5, 5.41) is 3.54. The molecule has 10 heteroatoms. The first-order valence-electron chi connectivity index (χ1n) is 9.90. The molecule has 31 heavy (non-hydrogen) atoms. The number of nitrogens with two attached hydrogens (primary N) is 1. The first kappa shape index (κ1) is 21.3. The highest BCUT2D eigenvalue weighted by molar-refractivity contribution is 7.90. The van der Waals surface area contributed by atoms with Crippen molar-refractivity contribution in [2.45, 2.75) is 43.9 Å². The van der Waals surface area contributed by atoms with E-state index in [1.165, 1.54) is 47.6 Å². The molecule has 0 bridgehead atoms. The van der Waals surface area contributed by atoms with Crippen molar-refractivity contribution in [1.29, 1.82) is 0 Å². The molecule has 2 amide bonds. The second kappa shape index (κ2) is 8.27. The SMILES string of the molecule is CC(=O)NS(=O)(=O)c1ccc(NC(=O)c2sc3nc4c(cc3c2N)CCCCC4)cc1. The van der Waals surface area contributed by atoms with E-state index in [0.717, 1.165) is 48.5 Å². The molecule has 1 aliphatic carbocycles. The number of aryl methyl sites for hydroxylation is 2. The molecule has 0 atom stereocenters. The summed E-state index contributed by atoms with van der Waals surface area (Å²) in [4.78, 5) is 29.7. The number of thiophene rings is 1. The van der Waals surface area contributed by atoms with Crippen molar-refractivity contribution in [3.8, 4) is 0 Å². The van der Waals surface area contributed by atoms with Crippen molar-refractivity contribution in [1.82, 2.24) is 9.71 Å². The highest BCUT2D eigenvalue weighted by atomic mass is 32.2. The number of fused-ring (bicyclic) bond motifs is 2. The molecule has 4 rings (SSSR count). The summed E-state index contributed by atoms with van der Waals surface area (Å²) in [6.45, 7) is 1.12. The van der Waals surface area contributed by atoms with Crippen LogP contribution in [0.4, 0.5) is 11.4 Å². The minimum absolute atomic E-state index is 0.0761. The first-order chi connectivity index (χ1) is 14.7. The molecular formula is C21H22N4O4S2. The van der Waals surface area contributed by atoms with Gasteiger partial charge in [0.2, 0.25) is 5.91 Å². The predicted molar refractivity (Wildman–Crippen MR) is 121 cm³/mol. The summed E-state index contributed by atoms with van der Waals surface area (Å²) >= 11 is 1.25. The fourth-order valence-electron chi connectivity index (χ4n) is 3.66. The molecule has 0 saturated heterocycles. The summed E-state index contributed by atoms with van der Waals surface area (Å²) in [6, 6.07) is 7.60. The Hall–Kier alpha value is -2.98. The van der Waals surface area contributed by atoms with Gasteiger partial charge in [-0.3, -0.25) is 9.59 Å². The zero-order chi connectivity index (χ0) is 22.2. The lowest BCUT2D eigenvalue weighted by Crippen LogP contribution is -2.28. The minimum atomic E-state index is -3.93. The van der Waals surface area contributed by atoms with Gasteiger partial charge in [-0.25, -0.2) is 18.1 Å². The largest absolute Gasteiger partial charge is 0.397 e. The van der Waals surface area contributed by atoms with Crippen LogP contribution >= 0.6 is 11.3 Å². The lowest BCUT2D eigenvalue weighted by Gasteiger charge is -2.07. The zero-order valence-corrected chi connectivity index (χ0v) is 18.5. The maximum absolute atomic E-state index is 12.8. The fourth-order valence-corrected chi connectivity index (χ4v) is 5.64. The van der Waals surface area contributed by atoms with Gasteiger partial charge in [0.25, 0.3) is 15.9 Å². The predicted octanol–water partition coefficient (Wildman–Crippen LogP) is 3.22. The van der Waals surface area contributed by atoms with Gasteiger partial charge in [-0.05, 0) is 61.6 Å². The number of carbonyl (C=O) groups excluding carboxylic acids is 2. The number of nitrogen functional groups attached to an aromatic ring is 1. The third-order valence-corrected chi connectivity index (χ3v) is 7.72. The Kier molecular flexibility index (Phi) is 5.67. The molecule has 162 valence electrons. The van der Waals surface area contributed by atoms with Gasteiger partial charge >= 0.3 is 0 Å². The average molecular weight is 459 g/mol. The number of hydrogen-bond acceptors (Lipinski definition) is 7. The number of anilines is 2. The smallest absolute Gasteiger partial charge is 0.267 e. The summed E-state index contributed by atoms with van der Waals surface area (Å²) < 4.78 is 26.0. The van der Waals surface area contributed by atoms with E-state index in [1.807, 2.05) is 4.72 Å². The van der Waals surface area contributed by atoms with Crippen LogP contribution in [-0.4, -0.2) is 25.2 Å². The Morgan fingerprint density at radius 3 is 2.52 bits per heavy atom. The van der Waals surface area contributed by atoms with Crippen LogP contribution in [0.2, 0.25) is 0 Å². The van der Waals surface area contributed by atoms with Crippen LogP contribution in [0.25, 0.3) is 10.2 Å². The number of aromatic nitrogens is 1. The van der Waals surface area contributed by atoms with Crippen LogP contribution in [0, 0.1) is 0 Å². The molecule has 0 unspecified atom stereocenters. The van der Waals surface area contributed by atoms with Gasteiger partial charge in [0.15, 0.2) is 0 Å². The van der Waals surface area contributed by atoms with Gasteiger partial charge in [-0.1, -0.05) is 6.42 Å². The average Bonchev–Trinajstić information content (AvgIpc) is 2.87. The normalized spacial score (nSPS) is 14.0. The third-order valence-electron chi connectivity index (χ3n) is 5.16. The summed E-state index contributed by atoms with van der Waals surface area (Å²) in [5.41, 5.74) is 9.40. The molecule has 0 saturated carbocycles. The van der Waals surface area contributed by atoms with Crippen LogP contribution < -0.4 is 15.8 Å². The van der Waals surface area contributed by atoms with Crippen LogP contribution in [0.15, 0.2) is 35.2 Å². The number of nitrogens with one attached hydrogen (secondary N) is 2. The van der Waals surface area contributed by atoms with E-state index < -0.39 is 15.9 Å².